The zero-order chi connectivity index (χ0) is 20.7. The van der Waals surface area contributed by atoms with Gasteiger partial charge in [0.1, 0.15) is 34.5 Å². The van der Waals surface area contributed by atoms with Crippen LogP contribution in [-0.4, -0.2) is 16.5 Å². The van der Waals surface area contributed by atoms with Gasteiger partial charge in [-0.3, -0.25) is 4.40 Å². The number of imidazole rings is 1. The third kappa shape index (κ3) is 3.20. The van der Waals surface area contributed by atoms with Crippen LogP contribution in [0.1, 0.15) is 16.8 Å². The third-order valence-electron chi connectivity index (χ3n) is 5.05. The fourth-order valence-corrected chi connectivity index (χ4v) is 3.57. The van der Waals surface area contributed by atoms with Gasteiger partial charge in [0.25, 0.3) is 0 Å². The molecule has 0 unspecified atom stereocenters. The van der Waals surface area contributed by atoms with Crippen LogP contribution in [0.2, 0.25) is 0 Å². The smallest absolute Gasteiger partial charge is 0.143 e. The van der Waals surface area contributed by atoms with Crippen molar-refractivity contribution in [3.05, 3.63) is 77.0 Å². The molecule has 4 rings (SSSR count). The second-order valence-corrected chi connectivity index (χ2v) is 7.03. The summed E-state index contributed by atoms with van der Waals surface area (Å²) < 4.78 is 36.6. The summed E-state index contributed by atoms with van der Waals surface area (Å²) >= 11 is 0. The number of fused-ring (bicyclic) bond motifs is 1. The summed E-state index contributed by atoms with van der Waals surface area (Å²) in [5, 5.41) is 3.39. The van der Waals surface area contributed by atoms with Gasteiger partial charge < -0.3 is 10.1 Å². The molecule has 4 nitrogen and oxygen atoms in total. The van der Waals surface area contributed by atoms with Gasteiger partial charge in [0.2, 0.25) is 0 Å². The van der Waals surface area contributed by atoms with Crippen molar-refractivity contribution in [3.63, 3.8) is 0 Å². The molecule has 0 amide bonds. The molecular formula is C23H21F2N3O. The molecule has 0 spiro atoms. The summed E-state index contributed by atoms with van der Waals surface area (Å²) in [6.45, 7) is 5.90. The van der Waals surface area contributed by atoms with Gasteiger partial charge in [-0.2, -0.15) is 0 Å². The van der Waals surface area contributed by atoms with E-state index in [0.29, 0.717) is 11.5 Å². The van der Waals surface area contributed by atoms with E-state index >= 15 is 0 Å². The second kappa shape index (κ2) is 7.20. The average molecular weight is 393 g/mol. The molecule has 0 saturated heterocycles. The average Bonchev–Trinajstić information content (AvgIpc) is 3.03. The highest BCUT2D eigenvalue weighted by atomic mass is 19.1. The topological polar surface area (TPSA) is 38.6 Å². The molecule has 0 saturated carbocycles. The van der Waals surface area contributed by atoms with Crippen LogP contribution in [0.25, 0.3) is 16.9 Å². The zero-order valence-corrected chi connectivity index (χ0v) is 16.7. The van der Waals surface area contributed by atoms with E-state index in [1.807, 2.05) is 61.6 Å². The van der Waals surface area contributed by atoms with E-state index in [1.54, 1.807) is 0 Å². The molecule has 0 aliphatic heterocycles. The molecule has 0 radical (unpaired) electrons. The number of nitrogens with one attached hydrogen (secondary N) is 1. The molecule has 1 N–H and O–H groups in total. The van der Waals surface area contributed by atoms with Gasteiger partial charge in [-0.1, -0.05) is 24.3 Å². The second-order valence-electron chi connectivity index (χ2n) is 7.03. The summed E-state index contributed by atoms with van der Waals surface area (Å²) in [5.41, 5.74) is 4.44. The molecule has 0 aliphatic carbocycles. The Hall–Kier alpha value is -3.41. The summed E-state index contributed by atoms with van der Waals surface area (Å²) in [5.74, 6) is -0.827. The first-order valence-electron chi connectivity index (χ1n) is 9.25. The van der Waals surface area contributed by atoms with Crippen LogP contribution < -0.4 is 10.1 Å². The highest BCUT2D eigenvalue weighted by molar-refractivity contribution is 5.82. The van der Waals surface area contributed by atoms with Crippen molar-refractivity contribution in [2.45, 2.75) is 20.8 Å². The van der Waals surface area contributed by atoms with Crippen molar-refractivity contribution in [2.24, 2.45) is 0 Å². The van der Waals surface area contributed by atoms with E-state index in [9.17, 15) is 8.78 Å². The van der Waals surface area contributed by atoms with Crippen LogP contribution >= 0.6 is 0 Å². The number of pyridine rings is 1. The van der Waals surface area contributed by atoms with E-state index in [0.717, 1.165) is 34.6 Å². The number of hydrogen-bond donors (Lipinski definition) is 1. The number of anilines is 2. The summed E-state index contributed by atoms with van der Waals surface area (Å²) in [4.78, 5) is 4.56. The standard InChI is InChI=1S/C23H21F2N3O/c1-13-7-5-8-14(2)21(13)27-23-22(26-19-10-6-9-15(3)28(19)23)20-17(24)11-16(29-4)12-18(20)25/h5-12,27H,1-4H3. The van der Waals surface area contributed by atoms with E-state index in [1.165, 1.54) is 7.11 Å². The predicted octanol–water partition coefficient (Wildman–Crippen LogP) is 5.96. The molecular weight excluding hydrogens is 372 g/mol. The number of rotatable bonds is 4. The van der Waals surface area contributed by atoms with Gasteiger partial charge in [0, 0.05) is 23.5 Å². The van der Waals surface area contributed by atoms with Crippen molar-refractivity contribution >= 4 is 17.2 Å². The van der Waals surface area contributed by atoms with Crippen molar-refractivity contribution in [2.75, 3.05) is 12.4 Å². The monoisotopic (exact) mass is 393 g/mol. The van der Waals surface area contributed by atoms with Crippen molar-refractivity contribution in [3.8, 4) is 17.0 Å². The van der Waals surface area contributed by atoms with Gasteiger partial charge in [-0.25, -0.2) is 13.8 Å². The minimum absolute atomic E-state index is 0.118. The number of aromatic nitrogens is 2. The minimum Gasteiger partial charge on any atom is -0.497 e. The van der Waals surface area contributed by atoms with Gasteiger partial charge >= 0.3 is 0 Å². The molecule has 0 aliphatic rings. The first-order chi connectivity index (χ1) is 13.9. The molecule has 6 heteroatoms. The molecule has 2 heterocycles. The van der Waals surface area contributed by atoms with Crippen LogP contribution in [0.4, 0.5) is 20.3 Å². The van der Waals surface area contributed by atoms with Gasteiger partial charge in [-0.15, -0.1) is 0 Å². The Morgan fingerprint density at radius 3 is 2.17 bits per heavy atom. The number of nitrogens with zero attached hydrogens (tertiary/aromatic N) is 2. The normalized spacial score (nSPS) is 11.1. The molecule has 4 aromatic rings. The quantitative estimate of drug-likeness (QED) is 0.465. The number of para-hydroxylation sites is 1. The maximum Gasteiger partial charge on any atom is 0.143 e. The Bertz CT molecular complexity index is 1190. The number of methoxy groups -OCH3 is 1. The lowest BCUT2D eigenvalue weighted by Gasteiger charge is -2.15. The van der Waals surface area contributed by atoms with E-state index in [4.69, 9.17) is 4.74 Å². The molecule has 2 aromatic heterocycles. The highest BCUT2D eigenvalue weighted by Gasteiger charge is 2.23. The van der Waals surface area contributed by atoms with Crippen LogP contribution in [-0.2, 0) is 0 Å². The SMILES string of the molecule is COc1cc(F)c(-c2nc3cccc(C)n3c2Nc2c(C)cccc2C)c(F)c1. The Balaban J connectivity index is 2.01. The predicted molar refractivity (Wildman–Crippen MR) is 111 cm³/mol. The van der Waals surface area contributed by atoms with Crippen LogP contribution in [0.15, 0.2) is 48.5 Å². The maximum atomic E-state index is 14.9. The minimum atomic E-state index is -0.729. The highest BCUT2D eigenvalue weighted by Crippen LogP contribution is 2.37. The number of halogens is 2. The third-order valence-corrected chi connectivity index (χ3v) is 5.05. The van der Waals surface area contributed by atoms with Crippen LogP contribution in [0, 0.1) is 32.4 Å². The molecule has 0 atom stereocenters. The maximum absolute atomic E-state index is 14.9. The summed E-state index contributed by atoms with van der Waals surface area (Å²) in [6.07, 6.45) is 0. The van der Waals surface area contributed by atoms with Crippen LogP contribution in [0.5, 0.6) is 5.75 Å². The lowest BCUT2D eigenvalue weighted by atomic mass is 10.1. The molecule has 148 valence electrons. The fourth-order valence-electron chi connectivity index (χ4n) is 3.57. The van der Waals surface area contributed by atoms with Gasteiger partial charge in [0.15, 0.2) is 0 Å². The Morgan fingerprint density at radius 2 is 1.55 bits per heavy atom. The molecule has 2 aromatic carbocycles. The number of benzene rings is 2. The number of ether oxygens (including phenoxy) is 1. The van der Waals surface area contributed by atoms with Crippen LogP contribution in [0.3, 0.4) is 0 Å². The zero-order valence-electron chi connectivity index (χ0n) is 16.7. The van der Waals surface area contributed by atoms with E-state index in [-0.39, 0.29) is 17.0 Å². The Labute approximate surface area is 167 Å². The summed E-state index contributed by atoms with van der Waals surface area (Å²) in [7, 11) is 1.37. The van der Waals surface area contributed by atoms with E-state index in [2.05, 4.69) is 10.3 Å². The first-order valence-corrected chi connectivity index (χ1v) is 9.25. The lowest BCUT2D eigenvalue weighted by Crippen LogP contribution is -2.03. The fraction of sp³-hybridized carbons (Fsp3) is 0.174. The van der Waals surface area contributed by atoms with Gasteiger partial charge in [0.05, 0.1) is 12.7 Å². The summed E-state index contributed by atoms with van der Waals surface area (Å²) in [6, 6.07) is 13.9. The van der Waals surface area contributed by atoms with Crippen molar-refractivity contribution in [1.82, 2.24) is 9.38 Å². The molecule has 0 bridgehead atoms. The molecule has 0 fully saturated rings. The number of hydrogen-bond acceptors (Lipinski definition) is 3. The Kier molecular flexibility index (Phi) is 4.70. The largest absolute Gasteiger partial charge is 0.497 e. The Morgan fingerprint density at radius 1 is 0.931 bits per heavy atom. The number of aryl methyl sites for hydroxylation is 3. The first kappa shape index (κ1) is 18.9. The lowest BCUT2D eigenvalue weighted by molar-refractivity contribution is 0.407. The van der Waals surface area contributed by atoms with Crippen molar-refractivity contribution < 1.29 is 13.5 Å². The van der Waals surface area contributed by atoms with E-state index < -0.39 is 11.6 Å². The van der Waals surface area contributed by atoms with Gasteiger partial charge in [-0.05, 0) is 44.0 Å². The van der Waals surface area contributed by atoms with Crippen molar-refractivity contribution in [1.29, 1.82) is 0 Å². The molecule has 29 heavy (non-hydrogen) atoms.